The molecule has 0 amide bonds. The molecule has 0 saturated heterocycles. The smallest absolute Gasteiger partial charge is 0.201 e. The summed E-state index contributed by atoms with van der Waals surface area (Å²) in [4.78, 5) is 0. The van der Waals surface area contributed by atoms with Crippen LogP contribution in [0.25, 0.3) is 33.8 Å². The minimum atomic E-state index is 0.363. The molecule has 2 aromatic carbocycles. The Balaban J connectivity index is 1.81. The van der Waals surface area contributed by atoms with Crippen LogP contribution in [-0.4, -0.2) is 0 Å². The van der Waals surface area contributed by atoms with Gasteiger partial charge in [-0.1, -0.05) is 60.7 Å². The summed E-state index contributed by atoms with van der Waals surface area (Å²) in [6.07, 6.45) is 1.66. The van der Waals surface area contributed by atoms with E-state index in [-0.39, 0.29) is 0 Å². The Kier molecular flexibility index (Phi) is 3.52. The summed E-state index contributed by atoms with van der Waals surface area (Å²) in [6, 6.07) is 23.8. The van der Waals surface area contributed by atoms with Gasteiger partial charge in [-0.25, -0.2) is 0 Å². The van der Waals surface area contributed by atoms with Gasteiger partial charge in [0.1, 0.15) is 0 Å². The van der Waals surface area contributed by atoms with Crippen molar-refractivity contribution in [3.63, 3.8) is 0 Å². The highest BCUT2D eigenvalue weighted by molar-refractivity contribution is 6.31. The summed E-state index contributed by atoms with van der Waals surface area (Å²) in [7, 11) is 0. The van der Waals surface area contributed by atoms with Gasteiger partial charge < -0.3 is 8.83 Å². The van der Waals surface area contributed by atoms with Gasteiger partial charge in [-0.2, -0.15) is 0 Å². The first kappa shape index (κ1) is 13.9. The molecule has 23 heavy (non-hydrogen) atoms. The van der Waals surface area contributed by atoms with E-state index < -0.39 is 0 Å². The van der Waals surface area contributed by atoms with Crippen molar-refractivity contribution in [1.82, 2.24) is 0 Å². The highest BCUT2D eigenvalue weighted by Crippen LogP contribution is 2.39. The number of halogens is 1. The highest BCUT2D eigenvalue weighted by Gasteiger charge is 2.18. The van der Waals surface area contributed by atoms with Crippen LogP contribution in [0.4, 0.5) is 0 Å². The largest absolute Gasteiger partial charge is 0.460 e. The van der Waals surface area contributed by atoms with Crippen LogP contribution in [0.1, 0.15) is 0 Å². The van der Waals surface area contributed by atoms with E-state index in [0.717, 1.165) is 22.3 Å². The van der Waals surface area contributed by atoms with E-state index in [1.165, 1.54) is 0 Å². The molecular formula is C20H13ClO2. The maximum absolute atomic E-state index is 6.29. The second-order valence-corrected chi connectivity index (χ2v) is 5.54. The number of rotatable bonds is 3. The van der Waals surface area contributed by atoms with Gasteiger partial charge in [-0.15, -0.1) is 0 Å². The summed E-state index contributed by atoms with van der Waals surface area (Å²) < 4.78 is 11.4. The van der Waals surface area contributed by atoms with Gasteiger partial charge >= 0.3 is 0 Å². The van der Waals surface area contributed by atoms with Crippen LogP contribution in [0, 0.1) is 0 Å². The van der Waals surface area contributed by atoms with Crippen LogP contribution in [0.2, 0.25) is 5.22 Å². The standard InChI is InChI=1S/C20H13ClO2/c21-20-17(15-9-5-2-6-10-15)13-18(23-20)19-16(11-12-22-19)14-7-3-1-4-8-14/h1-13H. The molecule has 0 spiro atoms. The van der Waals surface area contributed by atoms with Crippen molar-refractivity contribution in [3.8, 4) is 33.8 Å². The zero-order valence-corrected chi connectivity index (χ0v) is 13.0. The third-order valence-corrected chi connectivity index (χ3v) is 4.03. The molecule has 0 N–H and O–H groups in total. The lowest BCUT2D eigenvalue weighted by atomic mass is 10.0. The summed E-state index contributed by atoms with van der Waals surface area (Å²) in [6.45, 7) is 0. The molecule has 0 bridgehead atoms. The lowest BCUT2D eigenvalue weighted by molar-refractivity contribution is 0.526. The minimum Gasteiger partial charge on any atom is -0.460 e. The lowest BCUT2D eigenvalue weighted by Crippen LogP contribution is -1.77. The molecule has 2 nitrogen and oxygen atoms in total. The fraction of sp³-hybridized carbons (Fsp3) is 0. The van der Waals surface area contributed by atoms with Crippen LogP contribution in [0.3, 0.4) is 0 Å². The average molecular weight is 321 g/mol. The summed E-state index contributed by atoms with van der Waals surface area (Å²) in [5, 5.41) is 0.363. The van der Waals surface area contributed by atoms with Crippen molar-refractivity contribution in [2.45, 2.75) is 0 Å². The third kappa shape index (κ3) is 2.58. The number of hydrogen-bond acceptors (Lipinski definition) is 2. The number of benzene rings is 2. The Morgan fingerprint density at radius 2 is 1.30 bits per heavy atom. The minimum absolute atomic E-state index is 0.363. The van der Waals surface area contributed by atoms with Crippen molar-refractivity contribution in [2.75, 3.05) is 0 Å². The van der Waals surface area contributed by atoms with E-state index >= 15 is 0 Å². The predicted molar refractivity (Wildman–Crippen MR) is 92.3 cm³/mol. The average Bonchev–Trinajstić information content (AvgIpc) is 3.23. The monoisotopic (exact) mass is 320 g/mol. The molecule has 4 aromatic rings. The number of furan rings is 2. The number of hydrogen-bond donors (Lipinski definition) is 0. The maximum Gasteiger partial charge on any atom is 0.201 e. The zero-order valence-electron chi connectivity index (χ0n) is 12.2. The Labute approximate surface area is 138 Å². The quantitative estimate of drug-likeness (QED) is 0.429. The van der Waals surface area contributed by atoms with Crippen molar-refractivity contribution in [2.24, 2.45) is 0 Å². The molecule has 0 aliphatic heterocycles. The summed E-state index contributed by atoms with van der Waals surface area (Å²) in [5.74, 6) is 1.30. The van der Waals surface area contributed by atoms with Gasteiger partial charge in [0.25, 0.3) is 0 Å². The van der Waals surface area contributed by atoms with Gasteiger partial charge in [0, 0.05) is 11.1 Å². The molecule has 0 aliphatic carbocycles. The molecule has 3 heteroatoms. The molecule has 0 saturated carbocycles. The molecule has 0 unspecified atom stereocenters. The Morgan fingerprint density at radius 1 is 0.696 bits per heavy atom. The van der Waals surface area contributed by atoms with Gasteiger partial charge in [0.2, 0.25) is 5.22 Å². The van der Waals surface area contributed by atoms with E-state index in [4.69, 9.17) is 20.4 Å². The highest BCUT2D eigenvalue weighted by atomic mass is 35.5. The van der Waals surface area contributed by atoms with Gasteiger partial charge in [-0.05, 0) is 34.9 Å². The van der Waals surface area contributed by atoms with E-state index in [1.807, 2.05) is 72.8 Å². The second-order valence-electron chi connectivity index (χ2n) is 5.19. The van der Waals surface area contributed by atoms with Gasteiger partial charge in [0.05, 0.1) is 6.26 Å². The summed E-state index contributed by atoms with van der Waals surface area (Å²) in [5.41, 5.74) is 3.93. The van der Waals surface area contributed by atoms with E-state index in [2.05, 4.69) is 0 Å². The second kappa shape index (κ2) is 5.82. The van der Waals surface area contributed by atoms with Crippen molar-refractivity contribution in [3.05, 3.63) is 84.3 Å². The first-order valence-corrected chi connectivity index (χ1v) is 7.69. The molecular weight excluding hydrogens is 308 g/mol. The fourth-order valence-corrected chi connectivity index (χ4v) is 2.89. The lowest BCUT2D eigenvalue weighted by Gasteiger charge is -1.99. The van der Waals surface area contributed by atoms with Gasteiger partial charge in [-0.3, -0.25) is 0 Å². The van der Waals surface area contributed by atoms with E-state index in [1.54, 1.807) is 6.26 Å². The van der Waals surface area contributed by atoms with Crippen LogP contribution in [0.15, 0.2) is 87.9 Å². The van der Waals surface area contributed by atoms with Crippen molar-refractivity contribution < 1.29 is 8.83 Å². The van der Waals surface area contributed by atoms with Crippen LogP contribution in [0.5, 0.6) is 0 Å². The third-order valence-electron chi connectivity index (χ3n) is 3.75. The molecule has 0 aliphatic rings. The molecule has 2 heterocycles. The zero-order chi connectivity index (χ0) is 15.6. The normalized spacial score (nSPS) is 10.8. The summed E-state index contributed by atoms with van der Waals surface area (Å²) >= 11 is 6.29. The fourth-order valence-electron chi connectivity index (χ4n) is 2.64. The first-order chi connectivity index (χ1) is 11.3. The topological polar surface area (TPSA) is 26.3 Å². The molecule has 0 atom stereocenters. The molecule has 2 aromatic heterocycles. The predicted octanol–water partition coefficient (Wildman–Crippen LogP) is 6.53. The molecule has 0 radical (unpaired) electrons. The van der Waals surface area contributed by atoms with E-state index in [9.17, 15) is 0 Å². The SMILES string of the molecule is Clc1oc(-c2occc2-c2ccccc2)cc1-c1ccccc1. The van der Waals surface area contributed by atoms with Crippen LogP contribution >= 0.6 is 11.6 Å². The van der Waals surface area contributed by atoms with Crippen molar-refractivity contribution in [1.29, 1.82) is 0 Å². The maximum atomic E-state index is 6.29. The van der Waals surface area contributed by atoms with Crippen LogP contribution < -0.4 is 0 Å². The molecule has 0 fully saturated rings. The van der Waals surface area contributed by atoms with Gasteiger partial charge in [0.15, 0.2) is 11.5 Å². The molecule has 112 valence electrons. The van der Waals surface area contributed by atoms with Crippen LogP contribution in [-0.2, 0) is 0 Å². The Bertz CT molecular complexity index is 921. The Morgan fingerprint density at radius 3 is 1.96 bits per heavy atom. The first-order valence-electron chi connectivity index (χ1n) is 7.31. The molecule has 4 rings (SSSR count). The van der Waals surface area contributed by atoms with Crippen molar-refractivity contribution >= 4 is 11.6 Å². The Hall–Kier alpha value is -2.71. The van der Waals surface area contributed by atoms with E-state index in [0.29, 0.717) is 16.7 Å².